The molecule has 1 aliphatic heterocycles. The van der Waals surface area contributed by atoms with Crippen LogP contribution in [-0.4, -0.2) is 38.3 Å². The number of rotatable bonds is 7. The predicted octanol–water partition coefficient (Wildman–Crippen LogP) is 5.68. The van der Waals surface area contributed by atoms with Crippen LogP contribution in [0.15, 0.2) is 109 Å². The lowest BCUT2D eigenvalue weighted by atomic mass is 10.0. The Hall–Kier alpha value is -4.87. The molecule has 0 unspecified atom stereocenters. The van der Waals surface area contributed by atoms with Crippen LogP contribution in [0.25, 0.3) is 22.3 Å². The van der Waals surface area contributed by atoms with Crippen LogP contribution in [0.2, 0.25) is 0 Å². The molecular weight excluding hydrogens is 633 g/mol. The first-order chi connectivity index (χ1) is 21.8. The molecule has 0 aliphatic carbocycles. The number of nitrogens with two attached hydrogens (primary N) is 1. The molecule has 9 nitrogen and oxygen atoms in total. The summed E-state index contributed by atoms with van der Waals surface area (Å²) in [4.78, 5) is 0. The fourth-order valence-corrected chi connectivity index (χ4v) is 4.75. The van der Waals surface area contributed by atoms with Gasteiger partial charge in [0.1, 0.15) is 6.21 Å². The number of nitrogens with one attached hydrogen (secondary N) is 1. The molecular formula is C33H35F2N5O4S2. The molecule has 0 aromatic heterocycles. The van der Waals surface area contributed by atoms with Crippen molar-refractivity contribution in [2.75, 3.05) is 0 Å². The van der Waals surface area contributed by atoms with Gasteiger partial charge in [0.2, 0.25) is 6.17 Å². The van der Waals surface area contributed by atoms with Crippen molar-refractivity contribution < 1.29 is 33.2 Å². The molecule has 0 spiro atoms. The Kier molecular flexibility index (Phi) is 14.8. The number of nitrogens with zero attached hydrogens (tertiary/aromatic N) is 3. The quantitative estimate of drug-likeness (QED) is 0.148. The highest BCUT2D eigenvalue weighted by atomic mass is 32.3. The van der Waals surface area contributed by atoms with E-state index >= 15 is 0 Å². The second-order valence-electron chi connectivity index (χ2n) is 9.37. The van der Waals surface area contributed by atoms with Crippen molar-refractivity contribution in [1.82, 2.24) is 4.72 Å². The molecule has 242 valence electrons. The standard InChI is InChI=1S/C13H12FNO2S.C13H13N.C5H7FN2O2S.C2H3N/c14-18(16,17)15-10-11-6-8-13(9-7-11)12-4-2-1-3-5-12;14-10-11-6-8-13(9-7-11)12-4-2-1-3-5-12;1-5-7(2)3-4-8(5)11(6,9)10;1-2-3/h1-9,15H,10H2;1-9H,10,14H2;3-4H,2H2,1H3;1H3. The number of hydrogen-bond donors (Lipinski definition) is 2. The van der Waals surface area contributed by atoms with Gasteiger partial charge in [0.25, 0.3) is 0 Å². The van der Waals surface area contributed by atoms with E-state index in [0.29, 0.717) is 16.1 Å². The summed E-state index contributed by atoms with van der Waals surface area (Å²) >= 11 is 0. The van der Waals surface area contributed by atoms with Crippen molar-refractivity contribution in [3.8, 4) is 28.3 Å². The summed E-state index contributed by atoms with van der Waals surface area (Å²) in [7, 11) is -9.29. The van der Waals surface area contributed by atoms with Crippen molar-refractivity contribution >= 4 is 33.8 Å². The lowest BCUT2D eigenvalue weighted by Gasteiger charge is -2.08. The second-order valence-corrected chi connectivity index (χ2v) is 11.7. The molecule has 0 radical (unpaired) electrons. The molecule has 0 fully saturated rings. The van der Waals surface area contributed by atoms with Crippen LogP contribution in [0.1, 0.15) is 25.0 Å². The maximum atomic E-state index is 12.3. The van der Waals surface area contributed by atoms with Gasteiger partial charge in [-0.15, -0.1) is 12.4 Å². The third-order valence-electron chi connectivity index (χ3n) is 6.16. The van der Waals surface area contributed by atoms with Gasteiger partial charge in [-0.1, -0.05) is 124 Å². The lowest BCUT2D eigenvalue weighted by Crippen LogP contribution is -2.20. The highest BCUT2D eigenvalue weighted by molar-refractivity contribution is 7.84. The van der Waals surface area contributed by atoms with Crippen LogP contribution in [0.3, 0.4) is 0 Å². The fourth-order valence-electron chi connectivity index (χ4n) is 3.79. The summed E-state index contributed by atoms with van der Waals surface area (Å²) < 4.78 is 69.4. The first-order valence-corrected chi connectivity index (χ1v) is 16.4. The fraction of sp³-hybridized carbons (Fsp3) is 0.121. The Balaban J connectivity index is 0.000000236. The van der Waals surface area contributed by atoms with E-state index in [2.05, 4.69) is 43.1 Å². The highest BCUT2D eigenvalue weighted by Crippen LogP contribution is 2.20. The van der Waals surface area contributed by atoms with E-state index in [1.807, 2.05) is 60.7 Å². The Morgan fingerprint density at radius 2 is 1.20 bits per heavy atom. The van der Waals surface area contributed by atoms with Gasteiger partial charge in [0, 0.05) is 26.6 Å². The average molecular weight is 668 g/mol. The van der Waals surface area contributed by atoms with Crippen LogP contribution in [0, 0.1) is 24.0 Å². The van der Waals surface area contributed by atoms with Gasteiger partial charge in [-0.2, -0.15) is 18.4 Å². The highest BCUT2D eigenvalue weighted by Gasteiger charge is 2.31. The molecule has 0 bridgehead atoms. The summed E-state index contributed by atoms with van der Waals surface area (Å²) in [5.41, 5.74) is 12.0. The molecule has 1 heterocycles. The zero-order chi connectivity index (χ0) is 34.2. The molecule has 0 saturated carbocycles. The molecule has 4 aromatic carbocycles. The Morgan fingerprint density at radius 1 is 0.804 bits per heavy atom. The second kappa shape index (κ2) is 18.2. The molecule has 1 aliphatic rings. The van der Waals surface area contributed by atoms with Crippen LogP contribution < -0.4 is 10.5 Å². The van der Waals surface area contributed by atoms with Crippen LogP contribution in [0.4, 0.5) is 7.77 Å². The Morgan fingerprint density at radius 3 is 1.50 bits per heavy atom. The summed E-state index contributed by atoms with van der Waals surface area (Å²) in [6.45, 7) is 8.21. The van der Waals surface area contributed by atoms with Gasteiger partial charge in [0.15, 0.2) is 0 Å². The van der Waals surface area contributed by atoms with Gasteiger partial charge in [-0.3, -0.25) is 0 Å². The van der Waals surface area contributed by atoms with Crippen molar-refractivity contribution in [3.05, 3.63) is 133 Å². The van der Waals surface area contributed by atoms with Crippen LogP contribution in [0.5, 0.6) is 0 Å². The minimum atomic E-state index is -4.66. The molecule has 46 heavy (non-hydrogen) atoms. The number of benzene rings is 4. The van der Waals surface area contributed by atoms with E-state index in [1.165, 1.54) is 41.7 Å². The summed E-state index contributed by atoms with van der Waals surface area (Å²) in [6.07, 6.45) is 1.31. The normalized spacial score (nSPS) is 12.0. The zero-order valence-electron chi connectivity index (χ0n) is 25.3. The summed E-state index contributed by atoms with van der Waals surface area (Å²) in [5, 5.41) is 7.32. The predicted molar refractivity (Wildman–Crippen MR) is 177 cm³/mol. The monoisotopic (exact) mass is 667 g/mol. The van der Waals surface area contributed by atoms with Crippen LogP contribution in [-0.2, 0) is 33.9 Å². The molecule has 0 saturated heterocycles. The van der Waals surface area contributed by atoms with E-state index in [-0.39, 0.29) is 12.7 Å². The number of halogens is 2. The van der Waals surface area contributed by atoms with E-state index < -0.39 is 20.8 Å². The average Bonchev–Trinajstić information content (AvgIpc) is 3.40. The summed E-state index contributed by atoms with van der Waals surface area (Å²) in [5.74, 6) is 0. The molecule has 13 heteroatoms. The molecule has 4 aromatic rings. The van der Waals surface area contributed by atoms with Gasteiger partial charge in [-0.05, 0) is 40.3 Å². The minimum Gasteiger partial charge on any atom is -0.434 e. The van der Waals surface area contributed by atoms with Crippen LogP contribution >= 0.6 is 0 Å². The lowest BCUT2D eigenvalue weighted by molar-refractivity contribution is -0.585. The minimum absolute atomic E-state index is 0.0477. The summed E-state index contributed by atoms with van der Waals surface area (Å²) in [6, 6.07) is 37.5. The Labute approximate surface area is 270 Å². The van der Waals surface area contributed by atoms with Crippen molar-refractivity contribution in [2.45, 2.75) is 26.9 Å². The first kappa shape index (κ1) is 37.3. The van der Waals surface area contributed by atoms with E-state index in [4.69, 9.17) is 11.0 Å². The topological polar surface area (TPSA) is 136 Å². The van der Waals surface area contributed by atoms with Gasteiger partial charge in [-0.25, -0.2) is 0 Å². The van der Waals surface area contributed by atoms with Gasteiger partial charge in [0.05, 0.1) is 6.07 Å². The van der Waals surface area contributed by atoms with Crippen molar-refractivity contribution in [3.63, 3.8) is 0 Å². The van der Waals surface area contributed by atoms with Crippen molar-refractivity contribution in [2.24, 2.45) is 5.73 Å². The maximum Gasteiger partial charge on any atom is 0.536 e. The maximum absolute atomic E-state index is 12.3. The van der Waals surface area contributed by atoms with Crippen molar-refractivity contribution in [1.29, 1.82) is 5.26 Å². The van der Waals surface area contributed by atoms with Gasteiger partial charge >= 0.3 is 20.8 Å². The third-order valence-corrected chi connectivity index (χ3v) is 7.50. The number of nitriles is 1. The van der Waals surface area contributed by atoms with E-state index in [0.717, 1.165) is 17.3 Å². The molecule has 3 N–H and O–H groups in total. The SMILES string of the molecule is C=[N+]1[CH-]C=[N+](S(=O)(=O)F)[C-]1C.CC#N.NCc1ccc(-c2ccccc2)cc1.O=S(=O)(F)NCc1ccc(-c2ccccc2)cc1. The van der Waals surface area contributed by atoms with E-state index in [1.54, 1.807) is 22.9 Å². The largest absolute Gasteiger partial charge is 0.536 e. The van der Waals surface area contributed by atoms with E-state index in [9.17, 15) is 24.6 Å². The molecule has 0 atom stereocenters. The Bertz CT molecular complexity index is 1830. The molecule has 5 rings (SSSR count). The van der Waals surface area contributed by atoms with Gasteiger partial charge < -0.3 is 10.3 Å². The smallest absolute Gasteiger partial charge is 0.434 e. The number of hydrogen-bond acceptors (Lipinski definition) is 6. The molecule has 0 amide bonds. The zero-order valence-corrected chi connectivity index (χ0v) is 26.9. The third kappa shape index (κ3) is 13.0. The first-order valence-electron chi connectivity index (χ1n) is 13.6.